The van der Waals surface area contributed by atoms with Crippen molar-refractivity contribution in [1.29, 1.82) is 0 Å². The summed E-state index contributed by atoms with van der Waals surface area (Å²) >= 11 is 0. The number of benzene rings is 1. The van der Waals surface area contributed by atoms with E-state index in [-0.39, 0.29) is 10.9 Å². The molecule has 25 heavy (non-hydrogen) atoms. The van der Waals surface area contributed by atoms with Gasteiger partial charge in [0.05, 0.1) is 18.8 Å². The summed E-state index contributed by atoms with van der Waals surface area (Å²) in [5, 5.41) is 0. The summed E-state index contributed by atoms with van der Waals surface area (Å²) in [5.74, 6) is 0.397. The first kappa shape index (κ1) is 17.9. The summed E-state index contributed by atoms with van der Waals surface area (Å²) in [6.45, 7) is 4.37. The number of aromatic nitrogens is 1. The molecule has 2 heterocycles. The molecule has 1 aromatic heterocycles. The summed E-state index contributed by atoms with van der Waals surface area (Å²) < 4.78 is 33.8. The highest BCUT2D eigenvalue weighted by Crippen LogP contribution is 2.37. The molecule has 1 aliphatic rings. The summed E-state index contributed by atoms with van der Waals surface area (Å²) in [6.07, 6.45) is 4.35. The molecular formula is C19H24N2O3S. The Hall–Kier alpha value is -1.92. The van der Waals surface area contributed by atoms with E-state index in [1.54, 1.807) is 22.6 Å². The molecule has 2 aromatic rings. The summed E-state index contributed by atoms with van der Waals surface area (Å²) in [5.41, 5.74) is 2.75. The van der Waals surface area contributed by atoms with Crippen LogP contribution >= 0.6 is 0 Å². The Morgan fingerprint density at radius 2 is 1.92 bits per heavy atom. The maximum absolute atomic E-state index is 13.4. The largest absolute Gasteiger partial charge is 0.495 e. The smallest absolute Gasteiger partial charge is 0.247 e. The molecule has 3 rings (SSSR count). The van der Waals surface area contributed by atoms with Crippen molar-refractivity contribution in [3.8, 4) is 5.75 Å². The van der Waals surface area contributed by atoms with Crippen LogP contribution in [0.1, 0.15) is 42.1 Å². The highest BCUT2D eigenvalue weighted by atomic mass is 32.2. The van der Waals surface area contributed by atoms with Crippen molar-refractivity contribution in [2.24, 2.45) is 0 Å². The first-order valence-corrected chi connectivity index (χ1v) is 9.97. The van der Waals surface area contributed by atoms with Crippen LogP contribution in [-0.2, 0) is 10.0 Å². The third kappa shape index (κ3) is 3.41. The minimum absolute atomic E-state index is 0.230. The number of methoxy groups -OCH3 is 1. The third-order valence-electron chi connectivity index (χ3n) is 4.85. The highest BCUT2D eigenvalue weighted by molar-refractivity contribution is 7.89. The van der Waals surface area contributed by atoms with E-state index in [0.29, 0.717) is 12.3 Å². The van der Waals surface area contributed by atoms with E-state index in [4.69, 9.17) is 4.74 Å². The van der Waals surface area contributed by atoms with Gasteiger partial charge < -0.3 is 4.74 Å². The van der Waals surface area contributed by atoms with Gasteiger partial charge in [-0.1, -0.05) is 12.5 Å². The second-order valence-electron chi connectivity index (χ2n) is 6.47. The van der Waals surface area contributed by atoms with Crippen LogP contribution in [0.3, 0.4) is 0 Å². The number of sulfonamides is 1. The Bertz CT molecular complexity index is 850. The Morgan fingerprint density at radius 1 is 1.16 bits per heavy atom. The number of pyridine rings is 1. The topological polar surface area (TPSA) is 59.5 Å². The first-order chi connectivity index (χ1) is 11.9. The Labute approximate surface area is 149 Å². The van der Waals surface area contributed by atoms with E-state index in [9.17, 15) is 8.42 Å². The molecule has 0 saturated carbocycles. The number of piperidine rings is 1. The van der Waals surface area contributed by atoms with E-state index >= 15 is 0 Å². The maximum Gasteiger partial charge on any atom is 0.247 e. The van der Waals surface area contributed by atoms with Gasteiger partial charge in [0.2, 0.25) is 10.0 Å². The maximum atomic E-state index is 13.4. The molecule has 1 aromatic carbocycles. The normalized spacial score (nSPS) is 18.9. The lowest BCUT2D eigenvalue weighted by molar-refractivity contribution is 0.250. The van der Waals surface area contributed by atoms with Crippen molar-refractivity contribution in [3.63, 3.8) is 0 Å². The minimum Gasteiger partial charge on any atom is -0.495 e. The molecule has 1 unspecified atom stereocenters. The van der Waals surface area contributed by atoms with Gasteiger partial charge in [0.1, 0.15) is 10.6 Å². The number of nitrogens with zero attached hydrogens (tertiary/aromatic N) is 2. The molecule has 0 radical (unpaired) electrons. The van der Waals surface area contributed by atoms with Gasteiger partial charge in [-0.15, -0.1) is 0 Å². The quantitative estimate of drug-likeness (QED) is 0.835. The predicted molar refractivity (Wildman–Crippen MR) is 97.2 cm³/mol. The fourth-order valence-electron chi connectivity index (χ4n) is 3.31. The molecule has 6 heteroatoms. The van der Waals surface area contributed by atoms with Gasteiger partial charge in [-0.05, 0) is 62.1 Å². The van der Waals surface area contributed by atoms with Crippen molar-refractivity contribution >= 4 is 10.0 Å². The van der Waals surface area contributed by atoms with Gasteiger partial charge >= 0.3 is 0 Å². The summed E-state index contributed by atoms with van der Waals surface area (Å²) in [7, 11) is -2.16. The zero-order chi connectivity index (χ0) is 18.0. The Balaban J connectivity index is 2.08. The zero-order valence-electron chi connectivity index (χ0n) is 14.9. The highest BCUT2D eigenvalue weighted by Gasteiger charge is 2.36. The molecule has 134 valence electrons. The standard InChI is InChI=1S/C19H24N2O3S/c1-14-12-18(24-3)19(13-15(14)2)25(22,23)21-11-7-5-9-17(21)16-8-4-6-10-20-16/h4,6,8,10,12-13,17H,5,7,9,11H2,1-3H3. The van der Waals surface area contributed by atoms with E-state index in [0.717, 1.165) is 36.1 Å². The zero-order valence-corrected chi connectivity index (χ0v) is 15.7. The van der Waals surface area contributed by atoms with Crippen LogP contribution in [-0.4, -0.2) is 31.4 Å². The molecule has 1 saturated heterocycles. The molecule has 0 N–H and O–H groups in total. The van der Waals surface area contributed by atoms with Crippen molar-refractivity contribution < 1.29 is 13.2 Å². The van der Waals surface area contributed by atoms with Gasteiger partial charge in [-0.3, -0.25) is 4.98 Å². The van der Waals surface area contributed by atoms with Crippen LogP contribution in [0.5, 0.6) is 5.75 Å². The summed E-state index contributed by atoms with van der Waals surface area (Å²) in [6, 6.07) is 8.92. The fourth-order valence-corrected chi connectivity index (χ4v) is 5.20. The number of aryl methyl sites for hydroxylation is 2. The molecule has 1 fully saturated rings. The lowest BCUT2D eigenvalue weighted by Crippen LogP contribution is -2.39. The average Bonchev–Trinajstić information content (AvgIpc) is 2.64. The second-order valence-corrected chi connectivity index (χ2v) is 8.33. The fraction of sp³-hybridized carbons (Fsp3) is 0.421. The monoisotopic (exact) mass is 360 g/mol. The van der Waals surface area contributed by atoms with E-state index in [1.165, 1.54) is 7.11 Å². The molecule has 1 atom stereocenters. The van der Waals surface area contributed by atoms with Crippen LogP contribution in [0.2, 0.25) is 0 Å². The van der Waals surface area contributed by atoms with Crippen molar-refractivity contribution in [2.45, 2.75) is 44.0 Å². The van der Waals surface area contributed by atoms with Crippen molar-refractivity contribution in [2.75, 3.05) is 13.7 Å². The Morgan fingerprint density at radius 3 is 2.60 bits per heavy atom. The third-order valence-corrected chi connectivity index (χ3v) is 6.78. The predicted octanol–water partition coefficient (Wildman–Crippen LogP) is 3.62. The molecular weight excluding hydrogens is 336 g/mol. The molecule has 5 nitrogen and oxygen atoms in total. The summed E-state index contributed by atoms with van der Waals surface area (Å²) in [4.78, 5) is 4.63. The van der Waals surface area contributed by atoms with E-state index in [1.807, 2.05) is 32.0 Å². The van der Waals surface area contributed by atoms with Crippen molar-refractivity contribution in [1.82, 2.24) is 9.29 Å². The number of hydrogen-bond acceptors (Lipinski definition) is 4. The van der Waals surface area contributed by atoms with E-state index < -0.39 is 10.0 Å². The van der Waals surface area contributed by atoms with Crippen LogP contribution < -0.4 is 4.74 Å². The Kier molecular flexibility index (Phi) is 5.11. The molecule has 0 aliphatic carbocycles. The van der Waals surface area contributed by atoms with Crippen LogP contribution in [0.4, 0.5) is 0 Å². The second kappa shape index (κ2) is 7.14. The van der Waals surface area contributed by atoms with Crippen LogP contribution in [0.25, 0.3) is 0 Å². The first-order valence-electron chi connectivity index (χ1n) is 8.53. The molecule has 0 bridgehead atoms. The van der Waals surface area contributed by atoms with Gasteiger partial charge in [0, 0.05) is 12.7 Å². The number of rotatable bonds is 4. The van der Waals surface area contributed by atoms with Crippen LogP contribution in [0, 0.1) is 13.8 Å². The molecule has 0 spiro atoms. The number of hydrogen-bond donors (Lipinski definition) is 0. The van der Waals surface area contributed by atoms with Crippen molar-refractivity contribution in [3.05, 3.63) is 53.3 Å². The minimum atomic E-state index is -3.67. The van der Waals surface area contributed by atoms with Crippen LogP contribution in [0.15, 0.2) is 41.4 Å². The van der Waals surface area contributed by atoms with Gasteiger partial charge in [-0.2, -0.15) is 4.31 Å². The number of ether oxygens (including phenoxy) is 1. The SMILES string of the molecule is COc1cc(C)c(C)cc1S(=O)(=O)N1CCCCC1c1ccccn1. The van der Waals surface area contributed by atoms with Gasteiger partial charge in [0.15, 0.2) is 0 Å². The lowest BCUT2D eigenvalue weighted by atomic mass is 10.0. The molecule has 0 amide bonds. The van der Waals surface area contributed by atoms with Gasteiger partial charge in [0.25, 0.3) is 0 Å². The van der Waals surface area contributed by atoms with E-state index in [2.05, 4.69) is 4.98 Å². The van der Waals surface area contributed by atoms with Gasteiger partial charge in [-0.25, -0.2) is 8.42 Å². The average molecular weight is 360 g/mol. The molecule has 1 aliphatic heterocycles. The lowest BCUT2D eigenvalue weighted by Gasteiger charge is -2.34.